The second-order valence-corrected chi connectivity index (χ2v) is 3.60. The third kappa shape index (κ3) is 2.37. The molecule has 2 rings (SSSR count). The van der Waals surface area contributed by atoms with E-state index in [-0.39, 0.29) is 18.0 Å². The summed E-state index contributed by atoms with van der Waals surface area (Å²) in [7, 11) is 0. The Bertz CT molecular complexity index is 656. The second kappa shape index (κ2) is 5.18. The maximum Gasteiger partial charge on any atom is 0.361 e. The van der Waals surface area contributed by atoms with Gasteiger partial charge in [0.25, 0.3) is 0 Å². The summed E-state index contributed by atoms with van der Waals surface area (Å²) in [6.07, 6.45) is 4.42. The zero-order valence-corrected chi connectivity index (χ0v) is 10.2. The normalized spacial score (nSPS) is 9.89. The Balaban J connectivity index is 2.45. The molecule has 0 aliphatic heterocycles. The van der Waals surface area contributed by atoms with E-state index in [4.69, 9.17) is 15.7 Å². The van der Waals surface area contributed by atoms with E-state index >= 15 is 0 Å². The van der Waals surface area contributed by atoms with Crippen molar-refractivity contribution in [1.29, 1.82) is 5.26 Å². The van der Waals surface area contributed by atoms with Crippen LogP contribution in [0, 0.1) is 11.3 Å². The number of nitrogens with two attached hydrogens (primary N) is 1. The van der Waals surface area contributed by atoms with Gasteiger partial charge in [0.2, 0.25) is 0 Å². The molecule has 0 saturated heterocycles. The first-order valence-corrected chi connectivity index (χ1v) is 5.54. The van der Waals surface area contributed by atoms with Crippen LogP contribution in [-0.2, 0) is 4.74 Å². The number of rotatable bonds is 3. The third-order valence-electron chi connectivity index (χ3n) is 2.38. The minimum absolute atomic E-state index is 0.0228. The molecule has 0 spiro atoms. The highest BCUT2D eigenvalue weighted by atomic mass is 16.5. The van der Waals surface area contributed by atoms with Crippen LogP contribution < -0.4 is 5.73 Å². The lowest BCUT2D eigenvalue weighted by Crippen LogP contribution is -2.08. The van der Waals surface area contributed by atoms with Crippen molar-refractivity contribution >= 4 is 11.7 Å². The quantitative estimate of drug-likeness (QED) is 0.818. The highest BCUT2D eigenvalue weighted by Gasteiger charge is 2.17. The molecule has 2 aromatic rings. The van der Waals surface area contributed by atoms with Crippen molar-refractivity contribution < 1.29 is 9.53 Å². The first-order chi connectivity index (χ1) is 9.17. The predicted molar refractivity (Wildman–Crippen MR) is 66.4 cm³/mol. The molecular weight excluding hydrogens is 246 g/mol. The molecule has 7 heteroatoms. The van der Waals surface area contributed by atoms with E-state index in [9.17, 15) is 4.79 Å². The van der Waals surface area contributed by atoms with Crippen LogP contribution in [0.15, 0.2) is 24.7 Å². The van der Waals surface area contributed by atoms with Gasteiger partial charge in [-0.1, -0.05) is 0 Å². The minimum atomic E-state index is -0.596. The predicted octanol–water partition coefficient (Wildman–Crippen LogP) is 0.898. The van der Waals surface area contributed by atoms with E-state index in [1.54, 1.807) is 13.0 Å². The maximum atomic E-state index is 11.6. The van der Waals surface area contributed by atoms with Crippen molar-refractivity contribution in [3.63, 3.8) is 0 Å². The first kappa shape index (κ1) is 12.6. The van der Waals surface area contributed by atoms with Crippen molar-refractivity contribution in [2.75, 3.05) is 12.3 Å². The molecule has 0 atom stereocenters. The zero-order chi connectivity index (χ0) is 13.8. The highest BCUT2D eigenvalue weighted by molar-refractivity contribution is 5.92. The summed E-state index contributed by atoms with van der Waals surface area (Å²) in [6.45, 7) is 1.93. The zero-order valence-electron chi connectivity index (χ0n) is 10.2. The van der Waals surface area contributed by atoms with Gasteiger partial charge in [0.05, 0.1) is 30.3 Å². The van der Waals surface area contributed by atoms with Crippen LogP contribution in [0.4, 0.5) is 5.69 Å². The lowest BCUT2D eigenvalue weighted by atomic mass is 10.2. The second-order valence-electron chi connectivity index (χ2n) is 3.60. The average molecular weight is 257 g/mol. The Labute approximate surface area is 109 Å². The topological polar surface area (TPSA) is 107 Å². The van der Waals surface area contributed by atoms with Gasteiger partial charge in [-0.15, -0.1) is 0 Å². The van der Waals surface area contributed by atoms with Crippen LogP contribution in [0.2, 0.25) is 0 Å². The van der Waals surface area contributed by atoms with E-state index in [1.165, 1.54) is 23.3 Å². The monoisotopic (exact) mass is 257 g/mol. The Hall–Kier alpha value is -2.88. The molecule has 7 nitrogen and oxygen atoms in total. The van der Waals surface area contributed by atoms with Crippen molar-refractivity contribution in [1.82, 2.24) is 14.8 Å². The van der Waals surface area contributed by atoms with Gasteiger partial charge in [-0.05, 0) is 13.0 Å². The van der Waals surface area contributed by atoms with E-state index in [0.717, 1.165) is 0 Å². The number of anilines is 1. The number of nitrogen functional groups attached to an aromatic ring is 1. The number of ether oxygens (including phenoxy) is 1. The average Bonchev–Trinajstić information content (AvgIpc) is 2.81. The van der Waals surface area contributed by atoms with Crippen molar-refractivity contribution in [3.05, 3.63) is 35.9 Å². The van der Waals surface area contributed by atoms with Gasteiger partial charge in [0.15, 0.2) is 5.69 Å². The SMILES string of the molecule is CCOC(=O)c1nn(-c2cnccc2C#N)cc1N. The molecule has 0 fully saturated rings. The van der Waals surface area contributed by atoms with E-state index in [0.29, 0.717) is 11.3 Å². The number of esters is 1. The Morgan fingerprint density at radius 1 is 1.63 bits per heavy atom. The lowest BCUT2D eigenvalue weighted by Gasteiger charge is -2.02. The van der Waals surface area contributed by atoms with Gasteiger partial charge in [-0.3, -0.25) is 4.98 Å². The van der Waals surface area contributed by atoms with Crippen LogP contribution in [0.1, 0.15) is 23.0 Å². The van der Waals surface area contributed by atoms with E-state index in [1.807, 2.05) is 6.07 Å². The number of hydrogen-bond acceptors (Lipinski definition) is 6. The Kier molecular flexibility index (Phi) is 3.43. The summed E-state index contributed by atoms with van der Waals surface area (Å²) in [5.41, 5.74) is 6.76. The summed E-state index contributed by atoms with van der Waals surface area (Å²) < 4.78 is 6.18. The number of hydrogen-bond donors (Lipinski definition) is 1. The summed E-state index contributed by atoms with van der Waals surface area (Å²) in [6, 6.07) is 3.57. The summed E-state index contributed by atoms with van der Waals surface area (Å²) >= 11 is 0. The van der Waals surface area contributed by atoms with Gasteiger partial charge in [-0.2, -0.15) is 10.4 Å². The largest absolute Gasteiger partial charge is 0.461 e. The number of nitriles is 1. The number of pyridine rings is 1. The Morgan fingerprint density at radius 2 is 2.42 bits per heavy atom. The molecule has 0 bridgehead atoms. The molecule has 0 aliphatic rings. The third-order valence-corrected chi connectivity index (χ3v) is 2.38. The number of carbonyl (C=O) groups is 1. The summed E-state index contributed by atoms with van der Waals surface area (Å²) in [5, 5.41) is 13.0. The maximum absolute atomic E-state index is 11.6. The van der Waals surface area contributed by atoms with Crippen LogP contribution in [-0.4, -0.2) is 27.3 Å². The Morgan fingerprint density at radius 3 is 3.11 bits per heavy atom. The molecular formula is C12H11N5O2. The van der Waals surface area contributed by atoms with Gasteiger partial charge >= 0.3 is 5.97 Å². The van der Waals surface area contributed by atoms with Crippen LogP contribution in [0.3, 0.4) is 0 Å². The minimum Gasteiger partial charge on any atom is -0.461 e. The molecule has 2 aromatic heterocycles. The molecule has 0 radical (unpaired) electrons. The van der Waals surface area contributed by atoms with Crippen LogP contribution in [0.5, 0.6) is 0 Å². The number of aromatic nitrogens is 3. The molecule has 0 saturated carbocycles. The molecule has 0 aromatic carbocycles. The molecule has 2 heterocycles. The van der Waals surface area contributed by atoms with Crippen molar-refractivity contribution in [2.24, 2.45) is 0 Å². The molecule has 0 unspecified atom stereocenters. The van der Waals surface area contributed by atoms with Gasteiger partial charge in [0, 0.05) is 6.20 Å². The van der Waals surface area contributed by atoms with Gasteiger partial charge in [-0.25, -0.2) is 9.48 Å². The van der Waals surface area contributed by atoms with Gasteiger partial charge in [0.1, 0.15) is 11.8 Å². The standard InChI is InChI=1S/C12H11N5O2/c1-2-19-12(18)11-9(14)7-17(16-11)10-6-15-4-3-8(10)5-13/h3-4,6-7H,2,14H2,1H3. The van der Waals surface area contributed by atoms with E-state index < -0.39 is 5.97 Å². The molecule has 0 amide bonds. The molecule has 2 N–H and O–H groups in total. The number of nitrogens with zero attached hydrogens (tertiary/aromatic N) is 4. The summed E-state index contributed by atoms with van der Waals surface area (Å²) in [5.74, 6) is -0.596. The fourth-order valence-corrected chi connectivity index (χ4v) is 1.53. The van der Waals surface area contributed by atoms with Crippen LogP contribution in [0.25, 0.3) is 5.69 Å². The fraction of sp³-hybridized carbons (Fsp3) is 0.167. The molecule has 19 heavy (non-hydrogen) atoms. The highest BCUT2D eigenvalue weighted by Crippen LogP contribution is 2.17. The number of carbonyl (C=O) groups excluding carboxylic acids is 1. The van der Waals surface area contributed by atoms with E-state index in [2.05, 4.69) is 10.1 Å². The lowest BCUT2D eigenvalue weighted by molar-refractivity contribution is 0.0520. The fourth-order valence-electron chi connectivity index (χ4n) is 1.53. The summed E-state index contributed by atoms with van der Waals surface area (Å²) in [4.78, 5) is 15.5. The van der Waals surface area contributed by atoms with Gasteiger partial charge < -0.3 is 10.5 Å². The smallest absolute Gasteiger partial charge is 0.361 e. The molecule has 96 valence electrons. The van der Waals surface area contributed by atoms with Crippen molar-refractivity contribution in [2.45, 2.75) is 6.92 Å². The molecule has 0 aliphatic carbocycles. The van der Waals surface area contributed by atoms with Crippen molar-refractivity contribution in [3.8, 4) is 11.8 Å². The first-order valence-electron chi connectivity index (χ1n) is 5.54. The van der Waals surface area contributed by atoms with Crippen LogP contribution >= 0.6 is 0 Å².